The summed E-state index contributed by atoms with van der Waals surface area (Å²) in [5.41, 5.74) is 8.38. The molecule has 1 aromatic rings. The first-order chi connectivity index (χ1) is 6.79. The van der Waals surface area contributed by atoms with Gasteiger partial charge < -0.3 is 11.1 Å². The molecule has 14 heavy (non-hydrogen) atoms. The lowest BCUT2D eigenvalue weighted by atomic mass is 9.99. The highest BCUT2D eigenvalue weighted by molar-refractivity contribution is 5.56. The molecular formula is C12H18N2. The monoisotopic (exact) mass is 190 g/mol. The number of hydrogen-bond donors (Lipinski definition) is 2. The summed E-state index contributed by atoms with van der Waals surface area (Å²) in [5.74, 6) is 0.613. The zero-order valence-corrected chi connectivity index (χ0v) is 8.66. The number of anilines is 1. The van der Waals surface area contributed by atoms with Gasteiger partial charge in [0.1, 0.15) is 0 Å². The second kappa shape index (κ2) is 4.01. The molecule has 2 atom stereocenters. The van der Waals surface area contributed by atoms with Crippen molar-refractivity contribution in [3.63, 3.8) is 0 Å². The first-order valence-electron chi connectivity index (χ1n) is 5.34. The average molecular weight is 190 g/mol. The van der Waals surface area contributed by atoms with Crippen LogP contribution in [0.15, 0.2) is 24.3 Å². The predicted molar refractivity (Wildman–Crippen MR) is 60.4 cm³/mol. The molecule has 0 amide bonds. The smallest absolute Gasteiger partial charge is 0.0375 e. The Morgan fingerprint density at radius 2 is 2.29 bits per heavy atom. The van der Waals surface area contributed by atoms with E-state index in [1.807, 2.05) is 0 Å². The maximum absolute atomic E-state index is 5.63. The Balaban J connectivity index is 1.98. The van der Waals surface area contributed by atoms with Crippen molar-refractivity contribution in [2.45, 2.75) is 25.8 Å². The van der Waals surface area contributed by atoms with Gasteiger partial charge in [-0.3, -0.25) is 0 Å². The molecular weight excluding hydrogens is 172 g/mol. The summed E-state index contributed by atoms with van der Waals surface area (Å²) in [6.45, 7) is 3.00. The molecule has 0 aromatic heterocycles. The number of rotatable bonds is 3. The number of nitrogens with one attached hydrogen (secondary N) is 1. The topological polar surface area (TPSA) is 38.0 Å². The maximum Gasteiger partial charge on any atom is 0.0375 e. The molecule has 2 rings (SSSR count). The van der Waals surface area contributed by atoms with Crippen LogP contribution in [-0.4, -0.2) is 12.6 Å². The molecule has 1 aliphatic heterocycles. The fourth-order valence-corrected chi connectivity index (χ4v) is 2.10. The van der Waals surface area contributed by atoms with Crippen LogP contribution in [-0.2, 0) is 6.42 Å². The van der Waals surface area contributed by atoms with Crippen LogP contribution < -0.4 is 11.1 Å². The van der Waals surface area contributed by atoms with Crippen LogP contribution in [0.25, 0.3) is 0 Å². The Hall–Kier alpha value is -1.02. The van der Waals surface area contributed by atoms with E-state index < -0.39 is 0 Å². The van der Waals surface area contributed by atoms with Crippen molar-refractivity contribution >= 4 is 5.69 Å². The Bertz CT molecular complexity index is 284. The third kappa shape index (κ3) is 1.90. The van der Waals surface area contributed by atoms with E-state index in [4.69, 9.17) is 5.73 Å². The molecule has 76 valence electrons. The zero-order chi connectivity index (χ0) is 9.97. The Labute approximate surface area is 85.5 Å². The minimum absolute atomic E-state index is 0.589. The standard InChI is InChI=1S/C12H18N2/c1-9(8-13)6-11-7-10-4-2-3-5-12(10)14-11/h2-5,9,11,14H,6-8,13H2,1H3. The van der Waals surface area contributed by atoms with Gasteiger partial charge in [0.2, 0.25) is 0 Å². The van der Waals surface area contributed by atoms with Gasteiger partial charge in [-0.05, 0) is 36.9 Å². The SMILES string of the molecule is CC(CN)CC1Cc2ccccc2N1. The molecule has 0 aliphatic carbocycles. The van der Waals surface area contributed by atoms with E-state index in [9.17, 15) is 0 Å². The van der Waals surface area contributed by atoms with Gasteiger partial charge >= 0.3 is 0 Å². The summed E-state index contributed by atoms with van der Waals surface area (Å²) in [6, 6.07) is 9.14. The molecule has 0 saturated heterocycles. The number of benzene rings is 1. The predicted octanol–water partition coefficient (Wildman–Crippen LogP) is 2.01. The minimum Gasteiger partial charge on any atom is -0.382 e. The van der Waals surface area contributed by atoms with E-state index in [-0.39, 0.29) is 0 Å². The Kier molecular flexibility index (Phi) is 2.73. The summed E-state index contributed by atoms with van der Waals surface area (Å²) in [7, 11) is 0. The molecule has 2 heteroatoms. The lowest BCUT2D eigenvalue weighted by Crippen LogP contribution is -2.22. The van der Waals surface area contributed by atoms with Crippen LogP contribution in [0, 0.1) is 5.92 Å². The lowest BCUT2D eigenvalue weighted by molar-refractivity contribution is 0.496. The number of hydrogen-bond acceptors (Lipinski definition) is 2. The molecule has 3 N–H and O–H groups in total. The normalized spacial score (nSPS) is 21.4. The summed E-state index contributed by atoms with van der Waals surface area (Å²) in [4.78, 5) is 0. The van der Waals surface area contributed by atoms with E-state index >= 15 is 0 Å². The van der Waals surface area contributed by atoms with Crippen LogP contribution in [0.3, 0.4) is 0 Å². The molecule has 1 heterocycles. The van der Waals surface area contributed by atoms with Crippen LogP contribution in [0.4, 0.5) is 5.69 Å². The largest absolute Gasteiger partial charge is 0.382 e. The van der Waals surface area contributed by atoms with Crippen molar-refractivity contribution in [2.75, 3.05) is 11.9 Å². The van der Waals surface area contributed by atoms with Crippen molar-refractivity contribution < 1.29 is 0 Å². The molecule has 0 fully saturated rings. The second-order valence-corrected chi connectivity index (χ2v) is 4.28. The molecule has 1 aliphatic rings. The van der Waals surface area contributed by atoms with Gasteiger partial charge in [-0.15, -0.1) is 0 Å². The molecule has 0 saturated carbocycles. The number of fused-ring (bicyclic) bond motifs is 1. The maximum atomic E-state index is 5.63. The summed E-state index contributed by atoms with van der Waals surface area (Å²) < 4.78 is 0. The third-order valence-corrected chi connectivity index (χ3v) is 2.93. The van der Waals surface area contributed by atoms with Crippen molar-refractivity contribution in [3.05, 3.63) is 29.8 Å². The summed E-state index contributed by atoms with van der Waals surface area (Å²) in [6.07, 6.45) is 2.33. The molecule has 1 aromatic carbocycles. The Morgan fingerprint density at radius 1 is 1.50 bits per heavy atom. The first kappa shape index (κ1) is 9.53. The van der Waals surface area contributed by atoms with Gasteiger partial charge in [-0.25, -0.2) is 0 Å². The van der Waals surface area contributed by atoms with Crippen molar-refractivity contribution in [3.8, 4) is 0 Å². The van der Waals surface area contributed by atoms with Gasteiger partial charge in [0.05, 0.1) is 0 Å². The van der Waals surface area contributed by atoms with Gasteiger partial charge in [-0.1, -0.05) is 25.1 Å². The minimum atomic E-state index is 0.589. The van der Waals surface area contributed by atoms with Crippen molar-refractivity contribution in [2.24, 2.45) is 11.7 Å². The molecule has 0 bridgehead atoms. The first-order valence-corrected chi connectivity index (χ1v) is 5.34. The molecule has 0 spiro atoms. The third-order valence-electron chi connectivity index (χ3n) is 2.93. The van der Waals surface area contributed by atoms with Crippen molar-refractivity contribution in [1.29, 1.82) is 0 Å². The summed E-state index contributed by atoms with van der Waals surface area (Å²) >= 11 is 0. The van der Waals surface area contributed by atoms with Gasteiger partial charge in [0.15, 0.2) is 0 Å². The number of para-hydroxylation sites is 1. The van der Waals surface area contributed by atoms with Gasteiger partial charge in [-0.2, -0.15) is 0 Å². The van der Waals surface area contributed by atoms with E-state index in [1.54, 1.807) is 0 Å². The quantitative estimate of drug-likeness (QED) is 0.765. The fourth-order valence-electron chi connectivity index (χ4n) is 2.10. The molecule has 2 unspecified atom stereocenters. The molecule has 0 radical (unpaired) electrons. The van der Waals surface area contributed by atoms with Crippen LogP contribution in [0.5, 0.6) is 0 Å². The second-order valence-electron chi connectivity index (χ2n) is 4.28. The van der Waals surface area contributed by atoms with Gasteiger partial charge in [0, 0.05) is 11.7 Å². The van der Waals surface area contributed by atoms with Crippen LogP contribution >= 0.6 is 0 Å². The number of nitrogens with two attached hydrogens (primary N) is 1. The van der Waals surface area contributed by atoms with Crippen molar-refractivity contribution in [1.82, 2.24) is 0 Å². The summed E-state index contributed by atoms with van der Waals surface area (Å²) in [5, 5.41) is 3.54. The van der Waals surface area contributed by atoms with Gasteiger partial charge in [0.25, 0.3) is 0 Å². The van der Waals surface area contributed by atoms with E-state index in [0.717, 1.165) is 13.0 Å². The Morgan fingerprint density at radius 3 is 3.00 bits per heavy atom. The highest BCUT2D eigenvalue weighted by atomic mass is 14.9. The fraction of sp³-hybridized carbons (Fsp3) is 0.500. The highest BCUT2D eigenvalue weighted by Gasteiger charge is 2.20. The van der Waals surface area contributed by atoms with E-state index in [0.29, 0.717) is 12.0 Å². The zero-order valence-electron chi connectivity index (χ0n) is 8.66. The highest BCUT2D eigenvalue weighted by Crippen LogP contribution is 2.27. The lowest BCUT2D eigenvalue weighted by Gasteiger charge is -2.15. The van der Waals surface area contributed by atoms with E-state index in [1.165, 1.54) is 17.7 Å². The van der Waals surface area contributed by atoms with E-state index in [2.05, 4.69) is 36.5 Å². The van der Waals surface area contributed by atoms with Crippen LogP contribution in [0.1, 0.15) is 18.9 Å². The average Bonchev–Trinajstić information content (AvgIpc) is 2.59. The molecule has 2 nitrogen and oxygen atoms in total. The van der Waals surface area contributed by atoms with Crippen LogP contribution in [0.2, 0.25) is 0 Å².